The predicted octanol–water partition coefficient (Wildman–Crippen LogP) is 3.65. The first-order chi connectivity index (χ1) is 8.08. The molecule has 0 radical (unpaired) electrons. The fourth-order valence-corrected chi connectivity index (χ4v) is 2.60. The molecule has 0 fully saturated rings. The van der Waals surface area contributed by atoms with Gasteiger partial charge in [-0.05, 0) is 52.0 Å². The van der Waals surface area contributed by atoms with Crippen LogP contribution in [0.15, 0.2) is 33.4 Å². The lowest BCUT2D eigenvalue weighted by Crippen LogP contribution is -2.12. The number of aryl methyl sites for hydroxylation is 1. The van der Waals surface area contributed by atoms with Gasteiger partial charge in [0.2, 0.25) is 0 Å². The van der Waals surface area contributed by atoms with Crippen molar-refractivity contribution in [3.8, 4) is 0 Å². The summed E-state index contributed by atoms with van der Waals surface area (Å²) in [5.41, 5.74) is 8.66. The van der Waals surface area contributed by atoms with E-state index in [4.69, 9.17) is 5.73 Å². The molecule has 0 bridgehead atoms. The van der Waals surface area contributed by atoms with Crippen molar-refractivity contribution in [2.75, 3.05) is 11.1 Å². The van der Waals surface area contributed by atoms with Crippen LogP contribution < -0.4 is 11.1 Å². The molecule has 1 aromatic heterocycles. The maximum absolute atomic E-state index is 12.0. The van der Waals surface area contributed by atoms with Gasteiger partial charge >= 0.3 is 0 Å². The second kappa shape index (κ2) is 4.89. The molecule has 5 heteroatoms. The minimum atomic E-state index is -0.116. The zero-order valence-electron chi connectivity index (χ0n) is 9.16. The molecule has 0 aliphatic carbocycles. The van der Waals surface area contributed by atoms with Crippen LogP contribution >= 0.6 is 27.3 Å². The molecule has 3 N–H and O–H groups in total. The number of anilines is 2. The van der Waals surface area contributed by atoms with E-state index >= 15 is 0 Å². The van der Waals surface area contributed by atoms with Gasteiger partial charge in [-0.25, -0.2) is 0 Å². The van der Waals surface area contributed by atoms with Crippen LogP contribution in [0.1, 0.15) is 15.9 Å². The van der Waals surface area contributed by atoms with Crippen molar-refractivity contribution in [3.63, 3.8) is 0 Å². The van der Waals surface area contributed by atoms with E-state index in [0.717, 1.165) is 10.0 Å². The van der Waals surface area contributed by atoms with Crippen molar-refractivity contribution in [1.82, 2.24) is 0 Å². The third kappa shape index (κ3) is 2.68. The third-order valence-electron chi connectivity index (χ3n) is 2.34. The van der Waals surface area contributed by atoms with Gasteiger partial charge in [0, 0.05) is 15.5 Å². The number of hydrogen-bond donors (Lipinski definition) is 2. The molecule has 2 rings (SSSR count). The second-order valence-corrected chi connectivity index (χ2v) is 5.26. The van der Waals surface area contributed by atoms with Crippen LogP contribution in [0.5, 0.6) is 0 Å². The molecule has 0 unspecified atom stereocenters. The summed E-state index contributed by atoms with van der Waals surface area (Å²) in [6.45, 7) is 1.92. The number of benzene rings is 1. The number of carbonyl (C=O) groups excluding carboxylic acids is 1. The Bertz CT molecular complexity index is 565. The van der Waals surface area contributed by atoms with Crippen molar-refractivity contribution < 1.29 is 4.79 Å². The summed E-state index contributed by atoms with van der Waals surface area (Å²) in [7, 11) is 0. The third-order valence-corrected chi connectivity index (χ3v) is 3.89. The number of nitrogen functional groups attached to an aromatic ring is 1. The van der Waals surface area contributed by atoms with Crippen molar-refractivity contribution in [1.29, 1.82) is 0 Å². The Hall–Kier alpha value is -1.33. The summed E-state index contributed by atoms with van der Waals surface area (Å²) in [5.74, 6) is -0.116. The lowest BCUT2D eigenvalue weighted by atomic mass is 10.2. The van der Waals surface area contributed by atoms with E-state index in [9.17, 15) is 4.79 Å². The number of nitrogens with two attached hydrogens (primary N) is 1. The van der Waals surface area contributed by atoms with Crippen LogP contribution in [0, 0.1) is 6.92 Å². The summed E-state index contributed by atoms with van der Waals surface area (Å²) >= 11 is 4.89. The Morgan fingerprint density at radius 2 is 2.18 bits per heavy atom. The molecule has 1 heterocycles. The van der Waals surface area contributed by atoms with Gasteiger partial charge in [0.15, 0.2) is 0 Å². The van der Waals surface area contributed by atoms with Crippen LogP contribution in [0.4, 0.5) is 11.4 Å². The first kappa shape index (κ1) is 12.1. The normalized spacial score (nSPS) is 10.2. The van der Waals surface area contributed by atoms with Gasteiger partial charge in [-0.15, -0.1) is 0 Å². The molecule has 1 amide bonds. The van der Waals surface area contributed by atoms with Crippen molar-refractivity contribution in [3.05, 3.63) is 44.6 Å². The summed E-state index contributed by atoms with van der Waals surface area (Å²) < 4.78 is 0.813. The lowest BCUT2D eigenvalue weighted by Gasteiger charge is -2.08. The zero-order chi connectivity index (χ0) is 12.4. The van der Waals surface area contributed by atoms with Crippen LogP contribution in [-0.2, 0) is 0 Å². The van der Waals surface area contributed by atoms with Crippen LogP contribution in [0.3, 0.4) is 0 Å². The maximum Gasteiger partial charge on any atom is 0.256 e. The number of carbonyl (C=O) groups is 1. The van der Waals surface area contributed by atoms with Gasteiger partial charge in [0.05, 0.1) is 11.3 Å². The Morgan fingerprint density at radius 1 is 1.41 bits per heavy atom. The van der Waals surface area contributed by atoms with E-state index in [-0.39, 0.29) is 5.91 Å². The standard InChI is InChI=1S/C12H11BrN2OS/c1-7-5-17-6-9(7)12(16)15-11-4-8(14)2-3-10(11)13/h2-6H,14H2,1H3,(H,15,16). The highest BCUT2D eigenvalue weighted by molar-refractivity contribution is 9.10. The van der Waals surface area contributed by atoms with E-state index in [1.54, 1.807) is 12.1 Å². The molecule has 1 aromatic carbocycles. The van der Waals surface area contributed by atoms with Gasteiger partial charge in [-0.2, -0.15) is 11.3 Å². The molecule has 0 atom stereocenters. The molecule has 0 spiro atoms. The fourth-order valence-electron chi connectivity index (χ4n) is 1.42. The maximum atomic E-state index is 12.0. The Morgan fingerprint density at radius 3 is 2.82 bits per heavy atom. The largest absolute Gasteiger partial charge is 0.399 e. The smallest absolute Gasteiger partial charge is 0.256 e. The molecular formula is C12H11BrN2OS. The number of nitrogens with one attached hydrogen (secondary N) is 1. The molecule has 88 valence electrons. The van der Waals surface area contributed by atoms with Gasteiger partial charge in [0.25, 0.3) is 5.91 Å². The Balaban J connectivity index is 2.24. The second-order valence-electron chi connectivity index (χ2n) is 3.66. The summed E-state index contributed by atoms with van der Waals surface area (Å²) in [4.78, 5) is 12.0. The van der Waals surface area contributed by atoms with Crippen LogP contribution in [0.2, 0.25) is 0 Å². The number of thiophene rings is 1. The van der Waals surface area contributed by atoms with Gasteiger partial charge in [-0.1, -0.05) is 0 Å². The molecule has 2 aromatic rings. The summed E-state index contributed by atoms with van der Waals surface area (Å²) in [5, 5.41) is 6.62. The zero-order valence-corrected chi connectivity index (χ0v) is 11.6. The molecule has 3 nitrogen and oxygen atoms in total. The summed E-state index contributed by atoms with van der Waals surface area (Å²) in [6.07, 6.45) is 0. The number of rotatable bonds is 2. The SMILES string of the molecule is Cc1cscc1C(=O)Nc1cc(N)ccc1Br. The fraction of sp³-hybridized carbons (Fsp3) is 0.0833. The van der Waals surface area contributed by atoms with Crippen molar-refractivity contribution in [2.24, 2.45) is 0 Å². The van der Waals surface area contributed by atoms with Crippen LogP contribution in [-0.4, -0.2) is 5.91 Å². The monoisotopic (exact) mass is 310 g/mol. The summed E-state index contributed by atoms with van der Waals surface area (Å²) in [6, 6.07) is 5.31. The van der Waals surface area contributed by atoms with Gasteiger partial charge < -0.3 is 11.1 Å². The Kier molecular flexibility index (Phi) is 3.49. The highest BCUT2D eigenvalue weighted by Crippen LogP contribution is 2.25. The van der Waals surface area contributed by atoms with Gasteiger partial charge in [0.1, 0.15) is 0 Å². The number of halogens is 1. The minimum absolute atomic E-state index is 0.116. The molecule has 0 aliphatic heterocycles. The van der Waals surface area contributed by atoms with E-state index in [1.165, 1.54) is 11.3 Å². The molecule has 0 aliphatic rings. The average Bonchev–Trinajstić information content (AvgIpc) is 2.70. The van der Waals surface area contributed by atoms with E-state index in [0.29, 0.717) is 16.9 Å². The lowest BCUT2D eigenvalue weighted by molar-refractivity contribution is 0.102. The van der Waals surface area contributed by atoms with E-state index < -0.39 is 0 Å². The minimum Gasteiger partial charge on any atom is -0.399 e. The van der Waals surface area contributed by atoms with E-state index in [1.807, 2.05) is 23.8 Å². The number of hydrogen-bond acceptors (Lipinski definition) is 3. The Labute approximate surface area is 112 Å². The molecule has 17 heavy (non-hydrogen) atoms. The van der Waals surface area contributed by atoms with Crippen molar-refractivity contribution in [2.45, 2.75) is 6.92 Å². The number of amides is 1. The topological polar surface area (TPSA) is 55.1 Å². The predicted molar refractivity (Wildman–Crippen MR) is 75.6 cm³/mol. The quantitative estimate of drug-likeness (QED) is 0.832. The first-order valence-electron chi connectivity index (χ1n) is 4.97. The molecule has 0 saturated heterocycles. The van der Waals surface area contributed by atoms with Gasteiger partial charge in [-0.3, -0.25) is 4.79 Å². The average molecular weight is 311 g/mol. The molecular weight excluding hydrogens is 300 g/mol. The first-order valence-corrected chi connectivity index (χ1v) is 6.70. The highest BCUT2D eigenvalue weighted by atomic mass is 79.9. The highest BCUT2D eigenvalue weighted by Gasteiger charge is 2.11. The van der Waals surface area contributed by atoms with E-state index in [2.05, 4.69) is 21.2 Å². The van der Waals surface area contributed by atoms with Crippen molar-refractivity contribution >= 4 is 44.5 Å². The molecule has 0 saturated carbocycles. The van der Waals surface area contributed by atoms with Crippen LogP contribution in [0.25, 0.3) is 0 Å².